The molecule has 0 spiro atoms. The van der Waals surface area contributed by atoms with Crippen LogP contribution in [0.15, 0.2) is 0 Å². The van der Waals surface area contributed by atoms with Gasteiger partial charge in [-0.2, -0.15) is 0 Å². The van der Waals surface area contributed by atoms with Crippen LogP contribution in [0.2, 0.25) is 0 Å². The van der Waals surface area contributed by atoms with Gasteiger partial charge in [-0.1, -0.05) is 13.8 Å². The third kappa shape index (κ3) is 1.93. The van der Waals surface area contributed by atoms with E-state index in [-0.39, 0.29) is 5.92 Å². The molecule has 2 fully saturated rings. The van der Waals surface area contributed by atoms with Crippen LogP contribution in [0.1, 0.15) is 13.8 Å². The van der Waals surface area contributed by atoms with Gasteiger partial charge in [0.05, 0.1) is 20.1 Å². The molecular weight excluding hydrogens is 282 g/mol. The average Bonchev–Trinajstić information content (AvgIpc) is 2.95. The lowest BCUT2D eigenvalue weighted by atomic mass is 9.78. The Hall–Kier alpha value is -1.96. The second kappa shape index (κ2) is 5.10. The largest absolute Gasteiger partial charge is 0.467 e. The smallest absolute Gasteiger partial charge is 0.338 e. The van der Waals surface area contributed by atoms with Gasteiger partial charge in [-0.25, -0.2) is 9.59 Å². The lowest BCUT2D eigenvalue weighted by Crippen LogP contribution is -2.62. The van der Waals surface area contributed by atoms with Crippen molar-refractivity contribution in [2.24, 2.45) is 17.8 Å². The third-order valence-corrected chi connectivity index (χ3v) is 4.07. The van der Waals surface area contributed by atoms with E-state index in [1.54, 1.807) is 13.8 Å². The van der Waals surface area contributed by atoms with Gasteiger partial charge in [-0.3, -0.25) is 14.9 Å². The molecule has 0 bridgehead atoms. The predicted molar refractivity (Wildman–Crippen MR) is 66.6 cm³/mol. The summed E-state index contributed by atoms with van der Waals surface area (Å²) < 4.78 is 13.9. The maximum absolute atomic E-state index is 12.2. The summed E-state index contributed by atoms with van der Waals surface area (Å²) in [5.74, 6) is -5.93. The molecule has 8 heteroatoms. The SMILES string of the molecule is COC(=O)C1(C(=O)OC)N[C@H](C(C)C)[C@@H]2C(=O)OC(=O)[C@@H]21. The van der Waals surface area contributed by atoms with E-state index in [9.17, 15) is 19.2 Å². The number of ether oxygens (including phenoxy) is 3. The van der Waals surface area contributed by atoms with Crippen molar-refractivity contribution in [3.8, 4) is 0 Å². The summed E-state index contributed by atoms with van der Waals surface area (Å²) in [4.78, 5) is 48.3. The van der Waals surface area contributed by atoms with Gasteiger partial charge in [0.25, 0.3) is 0 Å². The molecule has 0 aromatic rings. The van der Waals surface area contributed by atoms with Crippen LogP contribution >= 0.6 is 0 Å². The first-order valence-corrected chi connectivity index (χ1v) is 6.51. The number of methoxy groups -OCH3 is 2. The van der Waals surface area contributed by atoms with E-state index in [0.717, 1.165) is 14.2 Å². The Morgan fingerprint density at radius 2 is 1.67 bits per heavy atom. The zero-order valence-electron chi connectivity index (χ0n) is 12.2. The Morgan fingerprint density at radius 3 is 2.10 bits per heavy atom. The molecule has 0 saturated carbocycles. The molecule has 0 radical (unpaired) electrons. The monoisotopic (exact) mass is 299 g/mol. The van der Waals surface area contributed by atoms with E-state index in [1.807, 2.05) is 0 Å². The molecule has 3 atom stereocenters. The normalized spacial score (nSPS) is 30.0. The summed E-state index contributed by atoms with van der Waals surface area (Å²) in [6, 6.07) is -0.577. The van der Waals surface area contributed by atoms with E-state index in [2.05, 4.69) is 19.5 Å². The maximum atomic E-state index is 12.2. The number of fused-ring (bicyclic) bond motifs is 1. The van der Waals surface area contributed by atoms with Gasteiger partial charge in [0.15, 0.2) is 0 Å². The summed E-state index contributed by atoms with van der Waals surface area (Å²) in [6.45, 7) is 3.60. The fraction of sp³-hybridized carbons (Fsp3) is 0.692. The van der Waals surface area contributed by atoms with Crippen molar-refractivity contribution in [2.75, 3.05) is 14.2 Å². The molecule has 0 aromatic carbocycles. The molecule has 1 N–H and O–H groups in total. The number of rotatable bonds is 3. The fourth-order valence-corrected chi connectivity index (χ4v) is 3.11. The molecule has 2 aliphatic rings. The molecule has 2 rings (SSSR count). The third-order valence-electron chi connectivity index (χ3n) is 4.07. The molecule has 0 amide bonds. The predicted octanol–water partition coefficient (Wildman–Crippen LogP) is -0.985. The van der Waals surface area contributed by atoms with Crippen molar-refractivity contribution in [1.29, 1.82) is 0 Å². The Morgan fingerprint density at radius 1 is 1.14 bits per heavy atom. The minimum Gasteiger partial charge on any atom is -0.467 e. The van der Waals surface area contributed by atoms with Crippen LogP contribution < -0.4 is 5.32 Å². The molecule has 0 aromatic heterocycles. The molecule has 2 saturated heterocycles. The molecule has 0 aliphatic carbocycles. The van der Waals surface area contributed by atoms with E-state index >= 15 is 0 Å². The lowest BCUT2D eigenvalue weighted by Gasteiger charge is -2.28. The van der Waals surface area contributed by atoms with Gasteiger partial charge in [0, 0.05) is 6.04 Å². The van der Waals surface area contributed by atoms with E-state index in [0.29, 0.717) is 0 Å². The first-order valence-electron chi connectivity index (χ1n) is 6.51. The van der Waals surface area contributed by atoms with Crippen molar-refractivity contribution in [3.05, 3.63) is 0 Å². The molecule has 2 heterocycles. The minimum atomic E-state index is -2.05. The highest BCUT2D eigenvalue weighted by molar-refractivity contribution is 6.13. The van der Waals surface area contributed by atoms with Crippen LogP contribution in [0.3, 0.4) is 0 Å². The quantitative estimate of drug-likeness (QED) is 0.402. The summed E-state index contributed by atoms with van der Waals surface area (Å²) >= 11 is 0. The van der Waals surface area contributed by atoms with Gasteiger partial charge in [0.2, 0.25) is 5.54 Å². The minimum absolute atomic E-state index is 0.118. The standard InChI is InChI=1S/C13H17NO7/c1-5(2)8-6-7(10(16)21-9(6)15)13(14-8,11(17)19-3)12(18)20-4/h5-8,14H,1-4H3/t6-,7-,8-/m1/s1. The zero-order valence-corrected chi connectivity index (χ0v) is 12.2. The van der Waals surface area contributed by atoms with E-state index in [1.165, 1.54) is 0 Å². The van der Waals surface area contributed by atoms with Gasteiger partial charge in [0.1, 0.15) is 5.92 Å². The number of cyclic esters (lactones) is 2. The van der Waals surface area contributed by atoms with Crippen LogP contribution in [0, 0.1) is 17.8 Å². The van der Waals surface area contributed by atoms with Gasteiger partial charge >= 0.3 is 23.9 Å². The second-order valence-corrected chi connectivity index (χ2v) is 5.45. The number of nitrogens with one attached hydrogen (secondary N) is 1. The number of esters is 4. The number of carbonyl (C=O) groups excluding carboxylic acids is 4. The van der Waals surface area contributed by atoms with E-state index < -0.39 is 47.3 Å². The van der Waals surface area contributed by atoms with Crippen LogP contribution in [0.4, 0.5) is 0 Å². The highest BCUT2D eigenvalue weighted by atomic mass is 16.6. The van der Waals surface area contributed by atoms with Crippen molar-refractivity contribution in [2.45, 2.75) is 25.4 Å². The molecular formula is C13H17NO7. The molecule has 0 unspecified atom stereocenters. The number of hydrogen-bond donors (Lipinski definition) is 1. The highest BCUT2D eigenvalue weighted by Crippen LogP contribution is 2.44. The van der Waals surface area contributed by atoms with Crippen LogP contribution in [0.25, 0.3) is 0 Å². The molecule has 21 heavy (non-hydrogen) atoms. The Bertz CT molecular complexity index is 497. The van der Waals surface area contributed by atoms with Gasteiger partial charge < -0.3 is 14.2 Å². The summed E-state index contributed by atoms with van der Waals surface area (Å²) in [5.41, 5.74) is -2.05. The zero-order chi connectivity index (χ0) is 15.9. The first-order chi connectivity index (χ1) is 9.81. The molecule has 8 nitrogen and oxygen atoms in total. The average molecular weight is 299 g/mol. The van der Waals surface area contributed by atoms with Crippen molar-refractivity contribution >= 4 is 23.9 Å². The summed E-state index contributed by atoms with van der Waals surface area (Å²) in [6.07, 6.45) is 0. The summed E-state index contributed by atoms with van der Waals surface area (Å²) in [5, 5.41) is 2.80. The molecule has 2 aliphatic heterocycles. The summed E-state index contributed by atoms with van der Waals surface area (Å²) in [7, 11) is 2.18. The second-order valence-electron chi connectivity index (χ2n) is 5.45. The highest BCUT2D eigenvalue weighted by Gasteiger charge is 2.72. The van der Waals surface area contributed by atoms with Crippen molar-refractivity contribution in [1.82, 2.24) is 5.32 Å². The van der Waals surface area contributed by atoms with Crippen molar-refractivity contribution < 1.29 is 33.4 Å². The number of hydrogen-bond acceptors (Lipinski definition) is 8. The van der Waals surface area contributed by atoms with Crippen molar-refractivity contribution in [3.63, 3.8) is 0 Å². The number of carbonyl (C=O) groups is 4. The Kier molecular flexibility index (Phi) is 3.75. The fourth-order valence-electron chi connectivity index (χ4n) is 3.11. The topological polar surface area (TPSA) is 108 Å². The van der Waals surface area contributed by atoms with Gasteiger partial charge in [-0.05, 0) is 5.92 Å². The Labute approximate surface area is 121 Å². The van der Waals surface area contributed by atoms with Crippen LogP contribution in [-0.2, 0) is 33.4 Å². The van der Waals surface area contributed by atoms with E-state index in [4.69, 9.17) is 0 Å². The maximum Gasteiger partial charge on any atom is 0.338 e. The van der Waals surface area contributed by atoms with Gasteiger partial charge in [-0.15, -0.1) is 0 Å². The first kappa shape index (κ1) is 15.4. The van der Waals surface area contributed by atoms with Crippen LogP contribution in [-0.4, -0.2) is 49.7 Å². The lowest BCUT2D eigenvalue weighted by molar-refractivity contribution is -0.170. The van der Waals surface area contributed by atoms with Crippen LogP contribution in [0.5, 0.6) is 0 Å². The Balaban J connectivity index is 2.60. The molecule has 116 valence electrons.